The zero-order valence-electron chi connectivity index (χ0n) is 9.33. The van der Waals surface area contributed by atoms with Gasteiger partial charge >= 0.3 is 0 Å². The Morgan fingerprint density at radius 1 is 1.38 bits per heavy atom. The molecule has 1 amide bonds. The Morgan fingerprint density at radius 3 is 2.62 bits per heavy atom. The van der Waals surface area contributed by atoms with E-state index in [0.29, 0.717) is 18.8 Å². The number of ether oxygens (including phenoxy) is 1. The number of alkyl halides is 1. The van der Waals surface area contributed by atoms with Crippen LogP contribution in [0.1, 0.15) is 18.4 Å². The average Bonchev–Trinajstić information content (AvgIpc) is 2.34. The van der Waals surface area contributed by atoms with Gasteiger partial charge in [0.15, 0.2) is 0 Å². The van der Waals surface area contributed by atoms with Crippen molar-refractivity contribution in [2.24, 2.45) is 0 Å². The molecule has 0 fully saturated rings. The number of halogens is 1. The molecule has 16 heavy (non-hydrogen) atoms. The van der Waals surface area contributed by atoms with Crippen molar-refractivity contribution in [3.05, 3.63) is 29.8 Å². The first kappa shape index (κ1) is 12.8. The van der Waals surface area contributed by atoms with Crippen LogP contribution in [0, 0.1) is 0 Å². The summed E-state index contributed by atoms with van der Waals surface area (Å²) >= 11 is 5.50. The number of amides is 1. The molecule has 0 saturated heterocycles. The second-order valence-corrected chi connectivity index (χ2v) is 3.80. The average molecular weight is 242 g/mol. The van der Waals surface area contributed by atoms with E-state index in [1.807, 2.05) is 24.3 Å². The number of methoxy groups -OCH3 is 1. The molecule has 0 heterocycles. The Bertz CT molecular complexity index is 324. The van der Waals surface area contributed by atoms with Gasteiger partial charge in [0.2, 0.25) is 5.91 Å². The molecule has 0 bridgehead atoms. The van der Waals surface area contributed by atoms with Crippen LogP contribution in [0.4, 0.5) is 0 Å². The van der Waals surface area contributed by atoms with Gasteiger partial charge in [-0.25, -0.2) is 0 Å². The van der Waals surface area contributed by atoms with Crippen LogP contribution in [0.15, 0.2) is 24.3 Å². The van der Waals surface area contributed by atoms with E-state index in [-0.39, 0.29) is 5.91 Å². The SMILES string of the molecule is COc1ccc(CNC(=O)CCCCl)cc1. The molecule has 0 saturated carbocycles. The molecule has 4 heteroatoms. The number of carbonyl (C=O) groups is 1. The Labute approximate surface area is 101 Å². The van der Waals surface area contributed by atoms with Gasteiger partial charge in [0, 0.05) is 18.8 Å². The maximum absolute atomic E-state index is 11.3. The third kappa shape index (κ3) is 4.53. The van der Waals surface area contributed by atoms with Crippen molar-refractivity contribution in [1.29, 1.82) is 0 Å². The zero-order chi connectivity index (χ0) is 11.8. The first-order valence-corrected chi connectivity index (χ1v) is 5.75. The molecule has 0 aliphatic carbocycles. The lowest BCUT2D eigenvalue weighted by Crippen LogP contribution is -2.22. The van der Waals surface area contributed by atoms with Gasteiger partial charge in [-0.15, -0.1) is 11.6 Å². The van der Waals surface area contributed by atoms with Crippen LogP contribution in [0.5, 0.6) is 5.75 Å². The van der Waals surface area contributed by atoms with Crippen LogP contribution in [-0.4, -0.2) is 18.9 Å². The minimum Gasteiger partial charge on any atom is -0.497 e. The second kappa shape index (κ2) is 7.12. The molecule has 0 atom stereocenters. The highest BCUT2D eigenvalue weighted by Gasteiger charge is 2.00. The molecule has 0 spiro atoms. The van der Waals surface area contributed by atoms with Crippen molar-refractivity contribution in [2.75, 3.05) is 13.0 Å². The molecule has 1 rings (SSSR count). The third-order valence-electron chi connectivity index (χ3n) is 2.19. The summed E-state index contributed by atoms with van der Waals surface area (Å²) in [5.41, 5.74) is 1.06. The lowest BCUT2D eigenvalue weighted by atomic mass is 10.2. The number of benzene rings is 1. The summed E-state index contributed by atoms with van der Waals surface area (Å²) in [4.78, 5) is 11.3. The zero-order valence-corrected chi connectivity index (χ0v) is 10.1. The molecule has 3 nitrogen and oxygen atoms in total. The van der Waals surface area contributed by atoms with Gasteiger partial charge in [0.1, 0.15) is 5.75 Å². The highest BCUT2D eigenvalue weighted by molar-refractivity contribution is 6.17. The lowest BCUT2D eigenvalue weighted by Gasteiger charge is -2.05. The fourth-order valence-electron chi connectivity index (χ4n) is 1.26. The molecular formula is C12H16ClNO2. The summed E-state index contributed by atoms with van der Waals surface area (Å²) in [7, 11) is 1.63. The van der Waals surface area contributed by atoms with Crippen molar-refractivity contribution in [2.45, 2.75) is 19.4 Å². The summed E-state index contributed by atoms with van der Waals surface area (Å²) in [6.45, 7) is 0.547. The second-order valence-electron chi connectivity index (χ2n) is 3.42. The normalized spacial score (nSPS) is 9.88. The molecule has 1 aromatic rings. The summed E-state index contributed by atoms with van der Waals surface area (Å²) < 4.78 is 5.05. The predicted molar refractivity (Wildman–Crippen MR) is 64.8 cm³/mol. The van der Waals surface area contributed by atoms with Crippen LogP contribution >= 0.6 is 11.6 Å². The highest BCUT2D eigenvalue weighted by Crippen LogP contribution is 2.10. The number of carbonyl (C=O) groups excluding carboxylic acids is 1. The molecule has 1 aromatic carbocycles. The minimum absolute atomic E-state index is 0.0384. The van der Waals surface area contributed by atoms with Crippen LogP contribution in [0.25, 0.3) is 0 Å². The summed E-state index contributed by atoms with van der Waals surface area (Å²) in [6.07, 6.45) is 1.20. The monoisotopic (exact) mass is 241 g/mol. The summed E-state index contributed by atoms with van der Waals surface area (Å²) in [5, 5.41) is 2.83. The maximum atomic E-state index is 11.3. The van der Waals surface area contributed by atoms with E-state index in [4.69, 9.17) is 16.3 Å². The van der Waals surface area contributed by atoms with Gasteiger partial charge in [-0.3, -0.25) is 4.79 Å². The van der Waals surface area contributed by atoms with Gasteiger partial charge in [0.05, 0.1) is 7.11 Å². The van der Waals surface area contributed by atoms with E-state index in [2.05, 4.69) is 5.32 Å². The van der Waals surface area contributed by atoms with Crippen molar-refractivity contribution in [3.63, 3.8) is 0 Å². The molecule has 0 aliphatic heterocycles. The number of nitrogens with one attached hydrogen (secondary N) is 1. The number of rotatable bonds is 6. The van der Waals surface area contributed by atoms with E-state index >= 15 is 0 Å². The van der Waals surface area contributed by atoms with E-state index < -0.39 is 0 Å². The van der Waals surface area contributed by atoms with Crippen molar-refractivity contribution < 1.29 is 9.53 Å². The lowest BCUT2D eigenvalue weighted by molar-refractivity contribution is -0.121. The fraction of sp³-hybridized carbons (Fsp3) is 0.417. The molecule has 1 N–H and O–H groups in total. The quantitative estimate of drug-likeness (QED) is 0.777. The Hall–Kier alpha value is -1.22. The van der Waals surface area contributed by atoms with Crippen LogP contribution in [0.2, 0.25) is 0 Å². The maximum Gasteiger partial charge on any atom is 0.220 e. The van der Waals surface area contributed by atoms with Gasteiger partial charge in [-0.1, -0.05) is 12.1 Å². The van der Waals surface area contributed by atoms with Gasteiger partial charge in [-0.05, 0) is 24.1 Å². The minimum atomic E-state index is 0.0384. The number of hydrogen-bond acceptors (Lipinski definition) is 2. The topological polar surface area (TPSA) is 38.3 Å². The third-order valence-corrected chi connectivity index (χ3v) is 2.45. The van der Waals surface area contributed by atoms with E-state index in [9.17, 15) is 4.79 Å². The first-order chi connectivity index (χ1) is 7.76. The van der Waals surface area contributed by atoms with Crippen LogP contribution in [-0.2, 0) is 11.3 Å². The van der Waals surface area contributed by atoms with E-state index in [0.717, 1.165) is 17.7 Å². The molecular weight excluding hydrogens is 226 g/mol. The van der Waals surface area contributed by atoms with Gasteiger partial charge in [0.25, 0.3) is 0 Å². The Kier molecular flexibility index (Phi) is 5.72. The Morgan fingerprint density at radius 2 is 2.06 bits per heavy atom. The number of hydrogen-bond donors (Lipinski definition) is 1. The van der Waals surface area contributed by atoms with Crippen molar-refractivity contribution in [1.82, 2.24) is 5.32 Å². The van der Waals surface area contributed by atoms with Crippen molar-refractivity contribution >= 4 is 17.5 Å². The standard InChI is InChI=1S/C12H16ClNO2/c1-16-11-6-4-10(5-7-11)9-14-12(15)3-2-8-13/h4-7H,2-3,8-9H2,1H3,(H,14,15). The fourth-order valence-corrected chi connectivity index (χ4v) is 1.39. The largest absolute Gasteiger partial charge is 0.497 e. The summed E-state index contributed by atoms with van der Waals surface area (Å²) in [5.74, 6) is 1.38. The van der Waals surface area contributed by atoms with Gasteiger partial charge in [-0.2, -0.15) is 0 Å². The van der Waals surface area contributed by atoms with E-state index in [1.54, 1.807) is 7.11 Å². The molecule has 0 aromatic heterocycles. The molecule has 0 radical (unpaired) electrons. The summed E-state index contributed by atoms with van der Waals surface area (Å²) in [6, 6.07) is 7.61. The predicted octanol–water partition coefficient (Wildman–Crippen LogP) is 2.33. The van der Waals surface area contributed by atoms with Crippen molar-refractivity contribution in [3.8, 4) is 5.75 Å². The molecule has 88 valence electrons. The Balaban J connectivity index is 2.33. The highest BCUT2D eigenvalue weighted by atomic mass is 35.5. The van der Waals surface area contributed by atoms with Crippen LogP contribution in [0.3, 0.4) is 0 Å². The smallest absolute Gasteiger partial charge is 0.220 e. The molecule has 0 aliphatic rings. The van der Waals surface area contributed by atoms with E-state index in [1.165, 1.54) is 0 Å². The molecule has 0 unspecified atom stereocenters. The first-order valence-electron chi connectivity index (χ1n) is 5.22. The van der Waals surface area contributed by atoms with Crippen LogP contribution < -0.4 is 10.1 Å². The van der Waals surface area contributed by atoms with Gasteiger partial charge < -0.3 is 10.1 Å².